The molecule has 2 heterocycles. The number of aromatic amines is 1. The summed E-state index contributed by atoms with van der Waals surface area (Å²) < 4.78 is 5.68. The summed E-state index contributed by atoms with van der Waals surface area (Å²) in [4.78, 5) is 23.5. The molecule has 0 aliphatic carbocycles. The van der Waals surface area contributed by atoms with Gasteiger partial charge in [0.2, 0.25) is 5.95 Å². The Morgan fingerprint density at radius 3 is 2.67 bits per heavy atom. The second-order valence-corrected chi connectivity index (χ2v) is 5.45. The van der Waals surface area contributed by atoms with Crippen LogP contribution >= 0.6 is 22.6 Å². The van der Waals surface area contributed by atoms with Gasteiger partial charge in [-0.2, -0.15) is 0 Å². The summed E-state index contributed by atoms with van der Waals surface area (Å²) in [6.45, 7) is 4.09. The Morgan fingerprint density at radius 2 is 2.06 bits per heavy atom. The maximum absolute atomic E-state index is 11.8. The number of methoxy groups -OCH3 is 1. The molecule has 2 rings (SSSR count). The number of H-pyrrole nitrogens is 1. The quantitative estimate of drug-likeness (QED) is 0.781. The number of rotatable bonds is 3. The van der Waals surface area contributed by atoms with Gasteiger partial charge in [-0.3, -0.25) is 9.78 Å². The predicted octanol–water partition coefficient (Wildman–Crippen LogP) is 0.273. The van der Waals surface area contributed by atoms with E-state index >= 15 is 0 Å². The molecular formula is C11H17IN4O2. The molecule has 18 heavy (non-hydrogen) atoms. The van der Waals surface area contributed by atoms with Crippen LogP contribution in [0.4, 0.5) is 5.95 Å². The summed E-state index contributed by atoms with van der Waals surface area (Å²) in [7, 11) is 3.70. The highest BCUT2D eigenvalue weighted by atomic mass is 127. The first-order chi connectivity index (χ1) is 8.61. The highest BCUT2D eigenvalue weighted by Crippen LogP contribution is 2.13. The topological polar surface area (TPSA) is 61.5 Å². The highest BCUT2D eigenvalue weighted by Gasteiger charge is 2.18. The third kappa shape index (κ3) is 3.01. The number of anilines is 1. The van der Waals surface area contributed by atoms with Gasteiger partial charge in [-0.1, -0.05) is 0 Å². The summed E-state index contributed by atoms with van der Waals surface area (Å²) >= 11 is 2.01. The van der Waals surface area contributed by atoms with Crippen LogP contribution in [0.15, 0.2) is 4.79 Å². The lowest BCUT2D eigenvalue weighted by Crippen LogP contribution is -2.45. The van der Waals surface area contributed by atoms with Crippen LogP contribution in [0.2, 0.25) is 0 Å². The summed E-state index contributed by atoms with van der Waals surface area (Å²) in [6, 6.07) is 0. The van der Waals surface area contributed by atoms with Crippen LogP contribution in [0, 0.1) is 3.57 Å². The molecule has 1 N–H and O–H groups in total. The number of aromatic nitrogens is 2. The Kier molecular flexibility index (Phi) is 4.57. The van der Waals surface area contributed by atoms with Crippen LogP contribution in [0.3, 0.4) is 0 Å². The lowest BCUT2D eigenvalue weighted by Gasteiger charge is -2.32. The van der Waals surface area contributed by atoms with Crippen LogP contribution in [0.1, 0.15) is 5.69 Å². The van der Waals surface area contributed by atoms with Crippen molar-refractivity contribution in [2.24, 2.45) is 0 Å². The normalized spacial score (nSPS) is 17.2. The Labute approximate surface area is 119 Å². The molecule has 0 atom stereocenters. The Balaban J connectivity index is 2.25. The van der Waals surface area contributed by atoms with E-state index in [0.717, 1.165) is 26.2 Å². The van der Waals surface area contributed by atoms with Crippen molar-refractivity contribution in [3.8, 4) is 0 Å². The van der Waals surface area contributed by atoms with Gasteiger partial charge < -0.3 is 14.5 Å². The molecule has 0 bridgehead atoms. The van der Waals surface area contributed by atoms with E-state index in [1.165, 1.54) is 0 Å². The van der Waals surface area contributed by atoms with E-state index in [-0.39, 0.29) is 5.56 Å². The van der Waals surface area contributed by atoms with E-state index in [9.17, 15) is 4.79 Å². The monoisotopic (exact) mass is 364 g/mol. The molecule has 1 aliphatic rings. The van der Waals surface area contributed by atoms with Crippen molar-refractivity contribution in [1.82, 2.24) is 14.9 Å². The first-order valence-corrected chi connectivity index (χ1v) is 6.91. The van der Waals surface area contributed by atoms with Crippen molar-refractivity contribution in [3.63, 3.8) is 0 Å². The number of ether oxygens (including phenoxy) is 1. The van der Waals surface area contributed by atoms with Crippen molar-refractivity contribution in [2.75, 3.05) is 45.2 Å². The van der Waals surface area contributed by atoms with E-state index < -0.39 is 0 Å². The number of halogens is 1. The largest absolute Gasteiger partial charge is 0.378 e. The molecule has 1 aliphatic heterocycles. The third-order valence-electron chi connectivity index (χ3n) is 3.00. The first-order valence-electron chi connectivity index (χ1n) is 5.83. The molecule has 7 heteroatoms. The smallest absolute Gasteiger partial charge is 0.266 e. The van der Waals surface area contributed by atoms with E-state index in [2.05, 4.69) is 26.8 Å². The summed E-state index contributed by atoms with van der Waals surface area (Å²) in [6.07, 6.45) is 0. The van der Waals surface area contributed by atoms with E-state index in [1.807, 2.05) is 22.6 Å². The zero-order valence-corrected chi connectivity index (χ0v) is 12.7. The van der Waals surface area contributed by atoms with Crippen LogP contribution < -0.4 is 10.5 Å². The minimum absolute atomic E-state index is 0.0911. The zero-order valence-electron chi connectivity index (χ0n) is 10.6. The van der Waals surface area contributed by atoms with Crippen LogP contribution in [-0.4, -0.2) is 55.2 Å². The molecule has 1 saturated heterocycles. The molecule has 0 spiro atoms. The Bertz CT molecular complexity index is 469. The number of hydrogen-bond donors (Lipinski definition) is 1. The summed E-state index contributed by atoms with van der Waals surface area (Å²) in [5.41, 5.74) is 0.613. The van der Waals surface area contributed by atoms with Crippen LogP contribution in [0.25, 0.3) is 0 Å². The van der Waals surface area contributed by atoms with Gasteiger partial charge >= 0.3 is 0 Å². The average molecular weight is 364 g/mol. The lowest BCUT2D eigenvalue weighted by molar-refractivity contribution is 0.180. The summed E-state index contributed by atoms with van der Waals surface area (Å²) in [5.74, 6) is 0.653. The second kappa shape index (κ2) is 5.98. The fraction of sp³-hybridized carbons (Fsp3) is 0.636. The lowest BCUT2D eigenvalue weighted by atomic mass is 10.3. The fourth-order valence-electron chi connectivity index (χ4n) is 1.89. The molecular weight excluding hydrogens is 347 g/mol. The van der Waals surface area contributed by atoms with Gasteiger partial charge in [0.05, 0.1) is 12.3 Å². The Hall–Kier alpha value is -0.670. The summed E-state index contributed by atoms with van der Waals surface area (Å²) in [5, 5.41) is 0. The van der Waals surface area contributed by atoms with Crippen LogP contribution in [0.5, 0.6) is 0 Å². The molecule has 100 valence electrons. The molecule has 0 amide bonds. The molecule has 0 unspecified atom stereocenters. The van der Waals surface area contributed by atoms with Crippen molar-refractivity contribution in [1.29, 1.82) is 0 Å². The first kappa shape index (κ1) is 13.8. The SMILES string of the molecule is COCc1nc(N2CCN(C)CC2)[nH]c(=O)c1I. The molecule has 1 aromatic rings. The third-order valence-corrected chi connectivity index (χ3v) is 4.12. The van der Waals surface area contributed by atoms with Gasteiger partial charge in [0, 0.05) is 33.3 Å². The molecule has 0 saturated carbocycles. The molecule has 6 nitrogen and oxygen atoms in total. The minimum atomic E-state index is -0.0911. The number of hydrogen-bond acceptors (Lipinski definition) is 5. The van der Waals surface area contributed by atoms with Crippen molar-refractivity contribution < 1.29 is 4.74 Å². The van der Waals surface area contributed by atoms with E-state index in [4.69, 9.17) is 4.74 Å². The molecule has 1 fully saturated rings. The number of nitrogens with zero attached hydrogens (tertiary/aromatic N) is 3. The molecule has 1 aromatic heterocycles. The number of nitrogens with one attached hydrogen (secondary N) is 1. The van der Waals surface area contributed by atoms with Gasteiger partial charge in [0.25, 0.3) is 5.56 Å². The highest BCUT2D eigenvalue weighted by molar-refractivity contribution is 14.1. The maximum atomic E-state index is 11.8. The van der Waals surface area contributed by atoms with E-state index in [0.29, 0.717) is 21.8 Å². The number of piperazine rings is 1. The van der Waals surface area contributed by atoms with Gasteiger partial charge in [0.15, 0.2) is 0 Å². The van der Waals surface area contributed by atoms with Crippen molar-refractivity contribution in [3.05, 3.63) is 19.6 Å². The van der Waals surface area contributed by atoms with Gasteiger partial charge in [-0.15, -0.1) is 0 Å². The van der Waals surface area contributed by atoms with Gasteiger partial charge in [0.1, 0.15) is 3.57 Å². The molecule has 0 aromatic carbocycles. The average Bonchev–Trinajstić information content (AvgIpc) is 2.36. The van der Waals surface area contributed by atoms with E-state index in [1.54, 1.807) is 7.11 Å². The van der Waals surface area contributed by atoms with Crippen LogP contribution in [-0.2, 0) is 11.3 Å². The second-order valence-electron chi connectivity index (χ2n) is 4.37. The molecule has 0 radical (unpaired) electrons. The maximum Gasteiger partial charge on any atom is 0.266 e. The fourth-order valence-corrected chi connectivity index (χ4v) is 2.30. The van der Waals surface area contributed by atoms with Gasteiger partial charge in [-0.25, -0.2) is 4.98 Å². The number of likely N-dealkylation sites (N-methyl/N-ethyl adjacent to an activating group) is 1. The van der Waals surface area contributed by atoms with Gasteiger partial charge in [-0.05, 0) is 29.6 Å². The Morgan fingerprint density at radius 1 is 1.39 bits per heavy atom. The minimum Gasteiger partial charge on any atom is -0.378 e. The van der Waals surface area contributed by atoms with Crippen molar-refractivity contribution >= 4 is 28.5 Å². The van der Waals surface area contributed by atoms with Crippen molar-refractivity contribution in [2.45, 2.75) is 6.61 Å². The standard InChI is InChI=1S/C11H17IN4O2/c1-15-3-5-16(6-4-15)11-13-8(7-18-2)9(12)10(17)14-11/h3-7H2,1-2H3,(H,13,14,17). The zero-order chi connectivity index (χ0) is 13.1. The predicted molar refractivity (Wildman–Crippen MR) is 78.0 cm³/mol.